The van der Waals surface area contributed by atoms with Gasteiger partial charge in [-0.3, -0.25) is 9.48 Å². The molecule has 0 saturated heterocycles. The number of aromatic nitrogens is 2. The highest BCUT2D eigenvalue weighted by atomic mass is 16.5. The van der Waals surface area contributed by atoms with Crippen molar-refractivity contribution in [3.8, 4) is 5.75 Å². The molecule has 110 valence electrons. The molecule has 1 aliphatic heterocycles. The molecule has 2 aromatic rings. The van der Waals surface area contributed by atoms with Crippen LogP contribution >= 0.6 is 0 Å². The van der Waals surface area contributed by atoms with Gasteiger partial charge in [-0.05, 0) is 42.7 Å². The Morgan fingerprint density at radius 3 is 3.10 bits per heavy atom. The van der Waals surface area contributed by atoms with Crippen molar-refractivity contribution < 1.29 is 9.53 Å². The molecule has 0 atom stereocenters. The quantitative estimate of drug-likeness (QED) is 0.865. The summed E-state index contributed by atoms with van der Waals surface area (Å²) in [5, 5.41) is 4.13. The molecule has 0 bridgehead atoms. The molecule has 0 aliphatic carbocycles. The maximum atomic E-state index is 12.5. The van der Waals surface area contributed by atoms with E-state index in [4.69, 9.17) is 4.74 Å². The molecule has 3 rings (SSSR count). The molecule has 0 N–H and O–H groups in total. The smallest absolute Gasteiger partial charge is 0.228 e. The Balaban J connectivity index is 1.73. The average Bonchev–Trinajstić information content (AvgIpc) is 3.04. The van der Waals surface area contributed by atoms with Gasteiger partial charge in [0.2, 0.25) is 5.91 Å². The second kappa shape index (κ2) is 5.99. The topological polar surface area (TPSA) is 47.4 Å². The monoisotopic (exact) mass is 285 g/mol. The van der Waals surface area contributed by atoms with Gasteiger partial charge in [0.05, 0.1) is 7.11 Å². The van der Waals surface area contributed by atoms with E-state index in [1.54, 1.807) is 18.0 Å². The van der Waals surface area contributed by atoms with E-state index in [0.29, 0.717) is 13.0 Å². The first kappa shape index (κ1) is 13.7. The number of carbonyl (C=O) groups is 1. The summed E-state index contributed by atoms with van der Waals surface area (Å²) in [5.41, 5.74) is 2.21. The summed E-state index contributed by atoms with van der Waals surface area (Å²) in [6, 6.07) is 7.80. The van der Waals surface area contributed by atoms with E-state index in [2.05, 4.69) is 5.10 Å². The predicted octanol–water partition coefficient (Wildman–Crippen LogP) is 2.26. The number of nitrogens with zero attached hydrogens (tertiary/aromatic N) is 3. The van der Waals surface area contributed by atoms with Crippen LogP contribution in [0.25, 0.3) is 0 Å². The van der Waals surface area contributed by atoms with Crippen LogP contribution in [-0.2, 0) is 17.8 Å². The summed E-state index contributed by atoms with van der Waals surface area (Å²) in [4.78, 5) is 14.4. The molecular weight excluding hydrogens is 266 g/mol. The number of methoxy groups -OCH3 is 1. The standard InChI is InChI=1S/C16H19N3O2/c1-21-14-5-6-15-13(12-14)4-2-10-19(15)16(20)7-11-18-9-3-8-17-18/h3,5-6,8-9,12H,2,4,7,10-11H2,1H3. The van der Waals surface area contributed by atoms with Gasteiger partial charge in [-0.1, -0.05) is 0 Å². The van der Waals surface area contributed by atoms with Gasteiger partial charge in [-0.2, -0.15) is 5.10 Å². The van der Waals surface area contributed by atoms with E-state index in [-0.39, 0.29) is 5.91 Å². The molecular formula is C16H19N3O2. The fourth-order valence-electron chi connectivity index (χ4n) is 2.74. The van der Waals surface area contributed by atoms with Crippen LogP contribution in [0.15, 0.2) is 36.7 Å². The second-order valence-electron chi connectivity index (χ2n) is 5.16. The van der Waals surface area contributed by atoms with Gasteiger partial charge >= 0.3 is 0 Å². The zero-order valence-corrected chi connectivity index (χ0v) is 12.2. The number of aryl methyl sites for hydroxylation is 2. The highest BCUT2D eigenvalue weighted by Crippen LogP contribution is 2.30. The first-order chi connectivity index (χ1) is 10.3. The second-order valence-corrected chi connectivity index (χ2v) is 5.16. The number of ether oxygens (including phenoxy) is 1. The number of rotatable bonds is 4. The molecule has 2 heterocycles. The van der Waals surface area contributed by atoms with Crippen molar-refractivity contribution in [1.82, 2.24) is 9.78 Å². The largest absolute Gasteiger partial charge is 0.497 e. The van der Waals surface area contributed by atoms with Gasteiger partial charge in [0.25, 0.3) is 0 Å². The predicted molar refractivity (Wildman–Crippen MR) is 80.5 cm³/mol. The molecule has 5 heteroatoms. The maximum absolute atomic E-state index is 12.5. The minimum Gasteiger partial charge on any atom is -0.497 e. The number of amides is 1. The zero-order valence-electron chi connectivity index (χ0n) is 12.2. The minimum absolute atomic E-state index is 0.150. The van der Waals surface area contributed by atoms with E-state index in [9.17, 15) is 4.79 Å². The van der Waals surface area contributed by atoms with E-state index in [0.717, 1.165) is 30.8 Å². The van der Waals surface area contributed by atoms with Crippen LogP contribution in [-0.4, -0.2) is 29.3 Å². The van der Waals surface area contributed by atoms with E-state index in [1.165, 1.54) is 5.56 Å². The highest BCUT2D eigenvalue weighted by Gasteiger charge is 2.22. The third-order valence-electron chi connectivity index (χ3n) is 3.82. The van der Waals surface area contributed by atoms with Gasteiger partial charge in [0.15, 0.2) is 0 Å². The normalized spacial score (nSPS) is 13.9. The summed E-state index contributed by atoms with van der Waals surface area (Å²) in [6.45, 7) is 1.41. The van der Waals surface area contributed by atoms with Crippen LogP contribution in [0.2, 0.25) is 0 Å². The Kier molecular flexibility index (Phi) is 3.90. The summed E-state index contributed by atoms with van der Waals surface area (Å²) in [5.74, 6) is 0.996. The highest BCUT2D eigenvalue weighted by molar-refractivity contribution is 5.94. The molecule has 1 aliphatic rings. The first-order valence-corrected chi connectivity index (χ1v) is 7.22. The van der Waals surface area contributed by atoms with Crippen LogP contribution in [0.1, 0.15) is 18.4 Å². The van der Waals surface area contributed by atoms with Crippen LogP contribution in [0.3, 0.4) is 0 Å². The van der Waals surface area contributed by atoms with Crippen molar-refractivity contribution in [1.29, 1.82) is 0 Å². The summed E-state index contributed by atoms with van der Waals surface area (Å²) < 4.78 is 7.05. The van der Waals surface area contributed by atoms with Crippen molar-refractivity contribution in [3.63, 3.8) is 0 Å². The number of hydrogen-bond donors (Lipinski definition) is 0. The number of benzene rings is 1. The van der Waals surface area contributed by atoms with Crippen molar-refractivity contribution in [2.45, 2.75) is 25.8 Å². The molecule has 1 aromatic heterocycles. The number of anilines is 1. The maximum Gasteiger partial charge on any atom is 0.228 e. The molecule has 0 fully saturated rings. The molecule has 1 aromatic carbocycles. The lowest BCUT2D eigenvalue weighted by molar-refractivity contribution is -0.119. The fourth-order valence-corrected chi connectivity index (χ4v) is 2.74. The fraction of sp³-hybridized carbons (Fsp3) is 0.375. The molecule has 1 amide bonds. The molecule has 21 heavy (non-hydrogen) atoms. The SMILES string of the molecule is COc1ccc2c(c1)CCCN2C(=O)CCn1cccn1. The summed E-state index contributed by atoms with van der Waals surface area (Å²) >= 11 is 0. The van der Waals surface area contributed by atoms with Gasteiger partial charge in [-0.25, -0.2) is 0 Å². The van der Waals surface area contributed by atoms with Crippen LogP contribution < -0.4 is 9.64 Å². The van der Waals surface area contributed by atoms with E-state index >= 15 is 0 Å². The van der Waals surface area contributed by atoms with Gasteiger partial charge in [0.1, 0.15) is 5.75 Å². The lowest BCUT2D eigenvalue weighted by Gasteiger charge is -2.30. The Bertz CT molecular complexity index is 622. The first-order valence-electron chi connectivity index (χ1n) is 7.22. The van der Waals surface area contributed by atoms with Crippen LogP contribution in [0.4, 0.5) is 5.69 Å². The van der Waals surface area contributed by atoms with E-state index in [1.807, 2.05) is 35.4 Å². The Morgan fingerprint density at radius 2 is 2.33 bits per heavy atom. The Morgan fingerprint density at radius 1 is 1.43 bits per heavy atom. The molecule has 5 nitrogen and oxygen atoms in total. The van der Waals surface area contributed by atoms with Crippen LogP contribution in [0, 0.1) is 0 Å². The minimum atomic E-state index is 0.150. The zero-order chi connectivity index (χ0) is 14.7. The van der Waals surface area contributed by atoms with Crippen LogP contribution in [0.5, 0.6) is 5.75 Å². The van der Waals surface area contributed by atoms with Gasteiger partial charge < -0.3 is 9.64 Å². The number of carbonyl (C=O) groups excluding carboxylic acids is 1. The lowest BCUT2D eigenvalue weighted by atomic mass is 10.0. The molecule has 0 saturated carbocycles. The van der Waals surface area contributed by atoms with Gasteiger partial charge in [-0.15, -0.1) is 0 Å². The Hall–Kier alpha value is -2.30. The average molecular weight is 285 g/mol. The van der Waals surface area contributed by atoms with Crippen molar-refractivity contribution in [2.24, 2.45) is 0 Å². The lowest BCUT2D eigenvalue weighted by Crippen LogP contribution is -2.35. The molecule has 0 radical (unpaired) electrons. The summed E-state index contributed by atoms with van der Waals surface area (Å²) in [6.07, 6.45) is 6.06. The van der Waals surface area contributed by atoms with Crippen molar-refractivity contribution in [3.05, 3.63) is 42.2 Å². The van der Waals surface area contributed by atoms with Crippen molar-refractivity contribution >= 4 is 11.6 Å². The molecule has 0 spiro atoms. The summed E-state index contributed by atoms with van der Waals surface area (Å²) in [7, 11) is 1.66. The van der Waals surface area contributed by atoms with E-state index < -0.39 is 0 Å². The third-order valence-corrected chi connectivity index (χ3v) is 3.82. The number of hydrogen-bond acceptors (Lipinski definition) is 3. The Labute approximate surface area is 124 Å². The van der Waals surface area contributed by atoms with Gasteiger partial charge in [0, 0.05) is 37.6 Å². The third kappa shape index (κ3) is 2.91. The molecule has 0 unspecified atom stereocenters. The number of fused-ring (bicyclic) bond motifs is 1. The van der Waals surface area contributed by atoms with Crippen molar-refractivity contribution in [2.75, 3.05) is 18.6 Å².